The molecule has 0 spiro atoms. The first-order valence-electron chi connectivity index (χ1n) is 11.0. The van der Waals surface area contributed by atoms with Gasteiger partial charge in [0.1, 0.15) is 5.75 Å². The van der Waals surface area contributed by atoms with Crippen LogP contribution in [0.5, 0.6) is 17.2 Å². The minimum atomic E-state index is -0.434. The number of benzene rings is 2. The van der Waals surface area contributed by atoms with Gasteiger partial charge in [0.25, 0.3) is 5.91 Å². The molecule has 1 fully saturated rings. The summed E-state index contributed by atoms with van der Waals surface area (Å²) in [5.74, 6) is 1.14. The highest BCUT2D eigenvalue weighted by atomic mass is 16.5. The number of carbonyl (C=O) groups excluding carboxylic acids is 3. The van der Waals surface area contributed by atoms with Crippen LogP contribution in [0.15, 0.2) is 42.5 Å². The zero-order chi connectivity index (χ0) is 23.8. The Balaban J connectivity index is 1.55. The van der Waals surface area contributed by atoms with Gasteiger partial charge in [-0.15, -0.1) is 0 Å². The Kier molecular flexibility index (Phi) is 8.29. The molecule has 0 bridgehead atoms. The van der Waals surface area contributed by atoms with Crippen LogP contribution in [-0.4, -0.2) is 68.0 Å². The van der Waals surface area contributed by atoms with Crippen LogP contribution in [0.3, 0.4) is 0 Å². The fourth-order valence-electron chi connectivity index (χ4n) is 3.86. The Morgan fingerprint density at radius 3 is 2.33 bits per heavy atom. The van der Waals surface area contributed by atoms with Gasteiger partial charge in [0.15, 0.2) is 11.5 Å². The number of rotatable bonds is 7. The van der Waals surface area contributed by atoms with E-state index in [0.717, 1.165) is 5.56 Å². The largest absolute Gasteiger partial charge is 0.493 e. The second kappa shape index (κ2) is 11.4. The van der Waals surface area contributed by atoms with Crippen molar-refractivity contribution in [1.29, 1.82) is 0 Å². The molecule has 176 valence electrons. The first kappa shape index (κ1) is 24.1. The number of carbonyl (C=O) groups is 3. The van der Waals surface area contributed by atoms with E-state index in [4.69, 9.17) is 14.2 Å². The molecule has 0 saturated carbocycles. The predicted octanol–water partition coefficient (Wildman–Crippen LogP) is 2.94. The molecular formula is C25H30N2O6. The highest BCUT2D eigenvalue weighted by molar-refractivity contribution is 5.94. The number of hydrogen-bond donors (Lipinski definition) is 0. The molecule has 0 aliphatic carbocycles. The van der Waals surface area contributed by atoms with Gasteiger partial charge in [-0.25, -0.2) is 0 Å². The number of ether oxygens (including phenoxy) is 3. The van der Waals surface area contributed by atoms with Crippen LogP contribution in [0.1, 0.15) is 35.7 Å². The van der Waals surface area contributed by atoms with E-state index >= 15 is 0 Å². The van der Waals surface area contributed by atoms with E-state index in [-0.39, 0.29) is 11.8 Å². The van der Waals surface area contributed by atoms with Gasteiger partial charge in [-0.2, -0.15) is 0 Å². The van der Waals surface area contributed by atoms with Crippen LogP contribution >= 0.6 is 0 Å². The highest BCUT2D eigenvalue weighted by Gasteiger charge is 2.23. The van der Waals surface area contributed by atoms with Crippen LogP contribution in [0.4, 0.5) is 0 Å². The molecule has 33 heavy (non-hydrogen) atoms. The summed E-state index contributed by atoms with van der Waals surface area (Å²) < 4.78 is 15.7. The summed E-state index contributed by atoms with van der Waals surface area (Å²) in [5.41, 5.74) is 1.46. The number of nitrogens with zero attached hydrogens (tertiary/aromatic N) is 2. The molecule has 1 aliphatic rings. The van der Waals surface area contributed by atoms with Gasteiger partial charge < -0.3 is 24.0 Å². The Morgan fingerprint density at radius 2 is 1.61 bits per heavy atom. The number of aryl methyl sites for hydroxylation is 1. The lowest BCUT2D eigenvalue weighted by atomic mass is 10.1. The van der Waals surface area contributed by atoms with Crippen molar-refractivity contribution in [3.05, 3.63) is 53.6 Å². The number of amides is 2. The van der Waals surface area contributed by atoms with Gasteiger partial charge in [-0.05, 0) is 48.7 Å². The molecule has 1 aliphatic heterocycles. The first-order chi connectivity index (χ1) is 15.9. The summed E-state index contributed by atoms with van der Waals surface area (Å²) in [5, 5.41) is 0. The maximum absolute atomic E-state index is 13.0. The van der Waals surface area contributed by atoms with Crippen LogP contribution < -0.4 is 14.2 Å². The average molecular weight is 455 g/mol. The fraction of sp³-hybridized carbons (Fsp3) is 0.400. The molecule has 8 heteroatoms. The molecule has 0 aromatic heterocycles. The second-order valence-corrected chi connectivity index (χ2v) is 7.84. The Morgan fingerprint density at radius 1 is 0.879 bits per heavy atom. The molecule has 1 saturated heterocycles. The van der Waals surface area contributed by atoms with Crippen LogP contribution in [0, 0.1) is 0 Å². The van der Waals surface area contributed by atoms with E-state index in [0.29, 0.717) is 68.3 Å². The standard InChI is InChI=1S/C25H30N2O6/c1-18(28)33-21-7-4-6-20(17-21)25(30)27-13-5-12-26(14-15-27)24(29)11-9-19-8-10-22(31-2)23(16-19)32-3/h4,6-8,10,16-17H,5,9,11-15H2,1-3H3. The minimum absolute atomic E-state index is 0.0657. The Hall–Kier alpha value is -3.55. The quantitative estimate of drug-likeness (QED) is 0.472. The smallest absolute Gasteiger partial charge is 0.308 e. The fourth-order valence-corrected chi connectivity index (χ4v) is 3.86. The summed E-state index contributed by atoms with van der Waals surface area (Å²) in [4.78, 5) is 40.5. The van der Waals surface area contributed by atoms with Gasteiger partial charge >= 0.3 is 5.97 Å². The summed E-state index contributed by atoms with van der Waals surface area (Å²) in [6.07, 6.45) is 1.69. The van der Waals surface area contributed by atoms with Crippen molar-refractivity contribution in [3.8, 4) is 17.2 Å². The molecule has 1 heterocycles. The lowest BCUT2D eigenvalue weighted by Gasteiger charge is -2.22. The molecular weight excluding hydrogens is 424 g/mol. The van der Waals surface area contributed by atoms with Crippen molar-refractivity contribution in [2.24, 2.45) is 0 Å². The van der Waals surface area contributed by atoms with Crippen LogP contribution in [-0.2, 0) is 16.0 Å². The maximum Gasteiger partial charge on any atom is 0.308 e. The van der Waals surface area contributed by atoms with Gasteiger partial charge in [0, 0.05) is 45.1 Å². The van der Waals surface area contributed by atoms with Crippen molar-refractivity contribution in [2.75, 3.05) is 40.4 Å². The summed E-state index contributed by atoms with van der Waals surface area (Å²) >= 11 is 0. The third-order valence-electron chi connectivity index (χ3n) is 5.55. The van der Waals surface area contributed by atoms with E-state index in [2.05, 4.69) is 0 Å². The molecule has 3 rings (SSSR count). The SMILES string of the molecule is COc1ccc(CCC(=O)N2CCCN(C(=O)c3cccc(OC(C)=O)c3)CC2)cc1OC. The second-order valence-electron chi connectivity index (χ2n) is 7.84. The molecule has 0 N–H and O–H groups in total. The summed E-state index contributed by atoms with van der Waals surface area (Å²) in [7, 11) is 3.18. The van der Waals surface area contributed by atoms with Crippen LogP contribution in [0.2, 0.25) is 0 Å². The van der Waals surface area contributed by atoms with Gasteiger partial charge in [-0.1, -0.05) is 12.1 Å². The normalized spacial score (nSPS) is 13.8. The van der Waals surface area contributed by atoms with Crippen LogP contribution in [0.25, 0.3) is 0 Å². The summed E-state index contributed by atoms with van der Waals surface area (Å²) in [6, 6.07) is 12.3. The van der Waals surface area contributed by atoms with E-state index < -0.39 is 5.97 Å². The number of hydrogen-bond acceptors (Lipinski definition) is 6. The summed E-state index contributed by atoms with van der Waals surface area (Å²) in [6.45, 7) is 3.44. The molecule has 2 aromatic rings. The molecule has 8 nitrogen and oxygen atoms in total. The molecule has 0 unspecified atom stereocenters. The third-order valence-corrected chi connectivity index (χ3v) is 5.55. The molecule has 2 aromatic carbocycles. The Bertz CT molecular complexity index is 1010. The van der Waals surface area contributed by atoms with E-state index in [1.54, 1.807) is 43.4 Å². The topological polar surface area (TPSA) is 85.4 Å². The van der Waals surface area contributed by atoms with Crippen molar-refractivity contribution in [3.63, 3.8) is 0 Å². The van der Waals surface area contributed by atoms with Gasteiger partial charge in [0.05, 0.1) is 14.2 Å². The Labute approximate surface area is 194 Å². The predicted molar refractivity (Wildman–Crippen MR) is 123 cm³/mol. The minimum Gasteiger partial charge on any atom is -0.493 e. The lowest BCUT2D eigenvalue weighted by Crippen LogP contribution is -2.37. The van der Waals surface area contributed by atoms with Gasteiger partial charge in [0.2, 0.25) is 5.91 Å². The van der Waals surface area contributed by atoms with Crippen molar-refractivity contribution < 1.29 is 28.6 Å². The zero-order valence-electron chi connectivity index (χ0n) is 19.3. The van der Waals surface area contributed by atoms with Crippen molar-refractivity contribution in [1.82, 2.24) is 9.80 Å². The first-order valence-corrected chi connectivity index (χ1v) is 11.0. The highest BCUT2D eigenvalue weighted by Crippen LogP contribution is 2.28. The lowest BCUT2D eigenvalue weighted by molar-refractivity contribution is -0.132. The number of methoxy groups -OCH3 is 2. The molecule has 0 atom stereocenters. The third kappa shape index (κ3) is 6.47. The molecule has 2 amide bonds. The molecule has 0 radical (unpaired) electrons. The van der Waals surface area contributed by atoms with E-state index in [9.17, 15) is 14.4 Å². The number of esters is 1. The van der Waals surface area contributed by atoms with E-state index in [1.165, 1.54) is 6.92 Å². The van der Waals surface area contributed by atoms with E-state index in [1.807, 2.05) is 23.1 Å². The van der Waals surface area contributed by atoms with Crippen molar-refractivity contribution >= 4 is 17.8 Å². The maximum atomic E-state index is 13.0. The monoisotopic (exact) mass is 454 g/mol. The average Bonchev–Trinajstić information content (AvgIpc) is 3.08. The van der Waals surface area contributed by atoms with Gasteiger partial charge in [-0.3, -0.25) is 14.4 Å². The zero-order valence-corrected chi connectivity index (χ0v) is 19.3. The van der Waals surface area contributed by atoms with Crippen molar-refractivity contribution in [2.45, 2.75) is 26.2 Å².